The van der Waals surface area contributed by atoms with Gasteiger partial charge in [0.1, 0.15) is 22.6 Å². The van der Waals surface area contributed by atoms with Crippen molar-refractivity contribution in [2.75, 3.05) is 26.7 Å². The number of likely N-dealkylation sites (N-methyl/N-ethyl adjacent to an activating group) is 1. The Kier molecular flexibility index (Phi) is 9.60. The van der Waals surface area contributed by atoms with Crippen LogP contribution in [-0.4, -0.2) is 69.4 Å². The van der Waals surface area contributed by atoms with Gasteiger partial charge in [0.05, 0.1) is 18.0 Å². The fourth-order valence-electron chi connectivity index (χ4n) is 4.04. The van der Waals surface area contributed by atoms with Crippen LogP contribution in [0.15, 0.2) is 52.3 Å². The number of hydrogen-bond acceptors (Lipinski definition) is 6. The number of benzene rings is 2. The molecule has 0 amide bonds. The number of halogens is 1. The van der Waals surface area contributed by atoms with Crippen molar-refractivity contribution in [2.45, 2.75) is 56.1 Å². The van der Waals surface area contributed by atoms with E-state index in [1.54, 1.807) is 26.0 Å². The molecule has 208 valence electrons. The number of nitrogens with zero attached hydrogens (tertiary/aromatic N) is 2. The first-order valence-corrected chi connectivity index (χ1v) is 15.3. The zero-order valence-corrected chi connectivity index (χ0v) is 23.9. The van der Waals surface area contributed by atoms with E-state index >= 15 is 0 Å². The number of aliphatic hydroxyl groups excluding tert-OH is 1. The Bertz CT molecular complexity index is 1420. The van der Waals surface area contributed by atoms with Gasteiger partial charge >= 0.3 is 0 Å². The average molecular weight is 567 g/mol. The quantitative estimate of drug-likeness (QED) is 0.516. The molecule has 1 aliphatic rings. The van der Waals surface area contributed by atoms with Gasteiger partial charge in [-0.2, -0.15) is 8.61 Å². The first-order chi connectivity index (χ1) is 17.8. The molecule has 0 bridgehead atoms. The molecule has 38 heavy (non-hydrogen) atoms. The Balaban J connectivity index is 2.05. The van der Waals surface area contributed by atoms with Crippen LogP contribution in [-0.2, 0) is 20.0 Å². The van der Waals surface area contributed by atoms with Gasteiger partial charge in [0.25, 0.3) is 0 Å². The van der Waals surface area contributed by atoms with E-state index in [2.05, 4.69) is 11.8 Å². The second-order valence-corrected chi connectivity index (χ2v) is 13.9. The van der Waals surface area contributed by atoms with Gasteiger partial charge in [0, 0.05) is 37.5 Å². The van der Waals surface area contributed by atoms with Crippen molar-refractivity contribution in [1.29, 1.82) is 0 Å². The maximum Gasteiger partial charge on any atom is 0.247 e. The van der Waals surface area contributed by atoms with Crippen LogP contribution in [0.4, 0.5) is 4.39 Å². The number of fused-ring (bicyclic) bond motifs is 1. The lowest BCUT2D eigenvalue weighted by Crippen LogP contribution is -2.50. The third-order valence-electron chi connectivity index (χ3n) is 6.35. The molecule has 8 nitrogen and oxygen atoms in total. The van der Waals surface area contributed by atoms with Gasteiger partial charge in [-0.15, -0.1) is 0 Å². The smallest absolute Gasteiger partial charge is 0.247 e. The second-order valence-electron chi connectivity index (χ2n) is 10.0. The van der Waals surface area contributed by atoms with Gasteiger partial charge < -0.3 is 9.84 Å². The molecule has 0 saturated carbocycles. The van der Waals surface area contributed by atoms with Gasteiger partial charge in [-0.1, -0.05) is 38.7 Å². The van der Waals surface area contributed by atoms with Crippen LogP contribution in [0.1, 0.15) is 39.7 Å². The SMILES string of the molecule is CC(C)CC#Cc1ccc2c(c1)O[C@@H](CN(C)S(=O)(=O)c1cccc(F)c1)[C@@H](C)CN([C@@H](C)CO)S2(=O)=O. The maximum atomic E-state index is 13.7. The minimum absolute atomic E-state index is 0.00202. The van der Waals surface area contributed by atoms with Crippen LogP contribution < -0.4 is 4.74 Å². The van der Waals surface area contributed by atoms with Crippen LogP contribution in [0.25, 0.3) is 0 Å². The van der Waals surface area contributed by atoms with Crippen molar-refractivity contribution < 1.29 is 31.1 Å². The highest BCUT2D eigenvalue weighted by Crippen LogP contribution is 2.34. The number of hydrogen-bond donors (Lipinski definition) is 1. The van der Waals surface area contributed by atoms with E-state index in [1.165, 1.54) is 29.6 Å². The minimum Gasteiger partial charge on any atom is -0.487 e. The molecule has 0 spiro atoms. The number of aliphatic hydroxyl groups is 1. The molecule has 11 heteroatoms. The van der Waals surface area contributed by atoms with E-state index in [0.717, 1.165) is 16.4 Å². The molecule has 1 aliphatic heterocycles. The van der Waals surface area contributed by atoms with Crippen LogP contribution in [0, 0.1) is 29.5 Å². The summed E-state index contributed by atoms with van der Waals surface area (Å²) in [4.78, 5) is -0.278. The fourth-order valence-corrected chi connectivity index (χ4v) is 7.08. The lowest BCUT2D eigenvalue weighted by atomic mass is 10.0. The highest BCUT2D eigenvalue weighted by atomic mass is 32.2. The topological polar surface area (TPSA) is 104 Å². The zero-order chi connectivity index (χ0) is 28.3. The molecule has 2 aromatic carbocycles. The molecule has 0 saturated heterocycles. The summed E-state index contributed by atoms with van der Waals surface area (Å²) in [5.41, 5.74) is 0.564. The summed E-state index contributed by atoms with van der Waals surface area (Å²) in [6, 6.07) is 8.62. The van der Waals surface area contributed by atoms with E-state index < -0.39 is 43.9 Å². The molecular formula is C27H35FN2O6S2. The molecule has 0 aromatic heterocycles. The molecule has 1 N–H and O–H groups in total. The largest absolute Gasteiger partial charge is 0.487 e. The summed E-state index contributed by atoms with van der Waals surface area (Å²) in [6.07, 6.45) is -0.0923. The molecule has 3 atom stereocenters. The Hall–Kier alpha value is -2.49. The minimum atomic E-state index is -4.05. The van der Waals surface area contributed by atoms with Crippen molar-refractivity contribution in [3.05, 3.63) is 53.8 Å². The summed E-state index contributed by atoms with van der Waals surface area (Å²) < 4.78 is 75.8. The van der Waals surface area contributed by atoms with Crippen LogP contribution in [0.2, 0.25) is 0 Å². The van der Waals surface area contributed by atoms with E-state index in [1.807, 2.05) is 13.8 Å². The van der Waals surface area contributed by atoms with Gasteiger partial charge in [-0.05, 0) is 49.2 Å². The standard InChI is InChI=1S/C27H35FN2O6S2/c1-19(2)8-6-9-22-12-13-27-25(14-22)36-26(20(3)16-30(21(4)18-31)38(27,34)35)17-29(5)37(32,33)24-11-7-10-23(28)15-24/h7,10-15,19-21,26,31H,8,16-18H2,1-5H3/t20-,21-,26-/m0/s1. The molecule has 0 unspecified atom stereocenters. The lowest BCUT2D eigenvalue weighted by molar-refractivity contribution is 0.0904. The highest BCUT2D eigenvalue weighted by molar-refractivity contribution is 7.89. The van der Waals surface area contributed by atoms with Gasteiger partial charge in [0.15, 0.2) is 0 Å². The van der Waals surface area contributed by atoms with Crippen LogP contribution in [0.3, 0.4) is 0 Å². The van der Waals surface area contributed by atoms with Crippen LogP contribution >= 0.6 is 0 Å². The Morgan fingerprint density at radius 3 is 2.55 bits per heavy atom. The highest BCUT2D eigenvalue weighted by Gasteiger charge is 2.39. The molecule has 0 fully saturated rings. The number of ether oxygens (including phenoxy) is 1. The Labute approximate surface area is 225 Å². The Morgan fingerprint density at radius 1 is 1.21 bits per heavy atom. The van der Waals surface area contributed by atoms with E-state index in [-0.39, 0.29) is 35.2 Å². The van der Waals surface area contributed by atoms with Crippen molar-refractivity contribution in [3.63, 3.8) is 0 Å². The summed E-state index contributed by atoms with van der Waals surface area (Å²) >= 11 is 0. The second kappa shape index (κ2) is 12.1. The molecule has 0 radical (unpaired) electrons. The number of rotatable bonds is 7. The number of sulfonamides is 2. The monoisotopic (exact) mass is 566 g/mol. The normalized spacial score (nSPS) is 20.6. The summed E-state index contributed by atoms with van der Waals surface area (Å²) in [7, 11) is -6.72. The molecule has 3 rings (SSSR count). The molecular weight excluding hydrogens is 531 g/mol. The summed E-state index contributed by atoms with van der Waals surface area (Å²) in [5, 5.41) is 9.79. The predicted octanol–water partition coefficient (Wildman–Crippen LogP) is 3.31. The van der Waals surface area contributed by atoms with E-state index in [9.17, 15) is 26.3 Å². The lowest BCUT2D eigenvalue weighted by Gasteiger charge is -2.37. The first-order valence-electron chi connectivity index (χ1n) is 12.4. The predicted molar refractivity (Wildman–Crippen MR) is 143 cm³/mol. The van der Waals surface area contributed by atoms with Crippen molar-refractivity contribution in [1.82, 2.24) is 8.61 Å². The molecule has 0 aliphatic carbocycles. The van der Waals surface area contributed by atoms with Crippen molar-refractivity contribution in [3.8, 4) is 17.6 Å². The van der Waals surface area contributed by atoms with Crippen molar-refractivity contribution in [2.24, 2.45) is 11.8 Å². The average Bonchev–Trinajstić information content (AvgIpc) is 2.85. The molecule has 2 aromatic rings. The summed E-state index contributed by atoms with van der Waals surface area (Å²) in [5.74, 6) is 5.40. The summed E-state index contributed by atoms with van der Waals surface area (Å²) in [6.45, 7) is 6.94. The zero-order valence-electron chi connectivity index (χ0n) is 22.3. The van der Waals surface area contributed by atoms with Gasteiger partial charge in [-0.25, -0.2) is 21.2 Å². The van der Waals surface area contributed by atoms with Gasteiger partial charge in [0.2, 0.25) is 20.0 Å². The maximum absolute atomic E-state index is 13.7. The van der Waals surface area contributed by atoms with E-state index in [0.29, 0.717) is 17.9 Å². The first kappa shape index (κ1) is 30.1. The van der Waals surface area contributed by atoms with Gasteiger partial charge in [-0.3, -0.25) is 0 Å². The molecule has 1 heterocycles. The van der Waals surface area contributed by atoms with Crippen LogP contribution in [0.5, 0.6) is 5.75 Å². The fraction of sp³-hybridized carbons (Fsp3) is 0.481. The van der Waals surface area contributed by atoms with Crippen molar-refractivity contribution >= 4 is 20.0 Å². The third-order valence-corrected chi connectivity index (χ3v) is 10.2. The van der Waals surface area contributed by atoms with E-state index in [4.69, 9.17) is 4.74 Å². The Morgan fingerprint density at radius 2 is 1.92 bits per heavy atom. The third kappa shape index (κ3) is 6.74.